The van der Waals surface area contributed by atoms with Crippen LogP contribution in [0.3, 0.4) is 0 Å². The van der Waals surface area contributed by atoms with Crippen molar-refractivity contribution in [3.05, 3.63) is 167 Å². The van der Waals surface area contributed by atoms with E-state index in [1.165, 1.54) is 0 Å². The van der Waals surface area contributed by atoms with Crippen molar-refractivity contribution in [2.75, 3.05) is 4.90 Å². The smallest absolute Gasteiger partial charge is 0.137 e. The van der Waals surface area contributed by atoms with E-state index in [9.17, 15) is 15.6 Å². The number of nitrogens with zero attached hydrogens (tertiary/aromatic N) is 5. The van der Waals surface area contributed by atoms with Crippen LogP contribution in [-0.4, -0.2) is 15.1 Å². The lowest BCUT2D eigenvalue weighted by molar-refractivity contribution is 0.332. The number of phenolic OH excluding ortho intramolecular Hbond substituents is 1. The van der Waals surface area contributed by atoms with E-state index in [2.05, 4.69) is 27.0 Å². The van der Waals surface area contributed by atoms with Crippen molar-refractivity contribution in [3.63, 3.8) is 0 Å². The van der Waals surface area contributed by atoms with Gasteiger partial charge in [0.05, 0.1) is 24.5 Å². The molecular weight excluding hydrogens is 534 g/mol. The third kappa shape index (κ3) is 7.94. The lowest BCUT2D eigenvalue weighted by Crippen LogP contribution is -2.23. The number of anilines is 1. The van der Waals surface area contributed by atoms with Crippen LogP contribution in [0.25, 0.3) is 12.2 Å². The van der Waals surface area contributed by atoms with Gasteiger partial charge in [0.1, 0.15) is 35.0 Å². The van der Waals surface area contributed by atoms with E-state index < -0.39 is 0 Å². The van der Waals surface area contributed by atoms with Crippen molar-refractivity contribution in [3.8, 4) is 17.9 Å². The molecular formula is C36H27N5O2. The van der Waals surface area contributed by atoms with Crippen molar-refractivity contribution < 1.29 is 9.84 Å². The van der Waals surface area contributed by atoms with Crippen LogP contribution in [0.5, 0.6) is 5.75 Å². The Balaban J connectivity index is 1.35. The second-order valence-electron chi connectivity index (χ2n) is 9.60. The Bertz CT molecular complexity index is 1730. The Morgan fingerprint density at radius 1 is 0.698 bits per heavy atom. The lowest BCUT2D eigenvalue weighted by Gasteiger charge is -2.24. The molecule has 1 aliphatic rings. The number of benzene rings is 2. The van der Waals surface area contributed by atoms with Gasteiger partial charge in [0, 0.05) is 23.7 Å². The van der Waals surface area contributed by atoms with Crippen LogP contribution in [0.4, 0.5) is 5.69 Å². The van der Waals surface area contributed by atoms with Gasteiger partial charge in [-0.2, -0.15) is 10.5 Å². The summed E-state index contributed by atoms with van der Waals surface area (Å²) in [6.45, 7) is 1.27. The molecule has 1 N–H and O–H groups in total. The number of phenols is 1. The molecule has 0 unspecified atom stereocenters. The van der Waals surface area contributed by atoms with Crippen molar-refractivity contribution in [1.82, 2.24) is 9.97 Å². The van der Waals surface area contributed by atoms with Crippen molar-refractivity contribution in [1.29, 1.82) is 10.5 Å². The van der Waals surface area contributed by atoms with E-state index in [0.29, 0.717) is 30.2 Å². The SMILES string of the molecule is N#CC(C#N)=C1C=C(/C=C/c2ccc(O)cc2)OC(/C=C/c2ccc(N(Cc3ccccn3)Cc3ccccn3)cc2)=C1. The zero-order valence-electron chi connectivity index (χ0n) is 23.2. The van der Waals surface area contributed by atoms with Gasteiger partial charge in [0.15, 0.2) is 0 Å². The normalized spacial score (nSPS) is 12.7. The van der Waals surface area contributed by atoms with Gasteiger partial charge in [0.25, 0.3) is 0 Å². The van der Waals surface area contributed by atoms with E-state index in [-0.39, 0.29) is 11.3 Å². The molecule has 2 aromatic heterocycles. The second-order valence-corrected chi connectivity index (χ2v) is 9.60. The number of aromatic nitrogens is 2. The highest BCUT2D eigenvalue weighted by atomic mass is 16.5. The van der Waals surface area contributed by atoms with Crippen molar-refractivity contribution >= 4 is 17.8 Å². The molecule has 0 spiro atoms. The van der Waals surface area contributed by atoms with Crippen LogP contribution in [-0.2, 0) is 17.8 Å². The molecule has 0 atom stereocenters. The molecule has 0 aliphatic carbocycles. The summed E-state index contributed by atoms with van der Waals surface area (Å²) in [5.74, 6) is 1.14. The second kappa shape index (κ2) is 13.9. The summed E-state index contributed by atoms with van der Waals surface area (Å²) < 4.78 is 6.04. The third-order valence-corrected chi connectivity index (χ3v) is 6.53. The summed E-state index contributed by atoms with van der Waals surface area (Å²) in [6.07, 6.45) is 14.2. The highest BCUT2D eigenvalue weighted by Gasteiger charge is 2.13. The summed E-state index contributed by atoms with van der Waals surface area (Å²) in [4.78, 5) is 11.2. The van der Waals surface area contributed by atoms with Gasteiger partial charge in [-0.15, -0.1) is 0 Å². The highest BCUT2D eigenvalue weighted by molar-refractivity contribution is 5.61. The predicted molar refractivity (Wildman–Crippen MR) is 166 cm³/mol. The number of aromatic hydroxyl groups is 1. The quantitative estimate of drug-likeness (QED) is 0.214. The minimum absolute atomic E-state index is 0.00464. The molecule has 1 aliphatic heterocycles. The Morgan fingerprint density at radius 3 is 1.67 bits per heavy atom. The van der Waals surface area contributed by atoms with Gasteiger partial charge in [-0.1, -0.05) is 48.6 Å². The third-order valence-electron chi connectivity index (χ3n) is 6.53. The van der Waals surface area contributed by atoms with E-state index >= 15 is 0 Å². The summed E-state index contributed by atoms with van der Waals surface area (Å²) in [7, 11) is 0. The molecule has 0 saturated heterocycles. The summed E-state index contributed by atoms with van der Waals surface area (Å²) in [5, 5.41) is 28.4. The van der Waals surface area contributed by atoms with Gasteiger partial charge in [-0.3, -0.25) is 9.97 Å². The van der Waals surface area contributed by atoms with E-state index in [1.54, 1.807) is 54.9 Å². The summed E-state index contributed by atoms with van der Waals surface area (Å²) in [6, 6.07) is 30.6. The molecule has 0 radical (unpaired) electrons. The molecule has 208 valence electrons. The standard InChI is InChI=1S/C36H27N5O2/c37-23-30(24-38)29-21-35(43-36(22-29)18-12-28-9-15-34(42)16-10-28)17-11-27-7-13-33(14-8-27)41(25-31-5-1-3-19-39-31)26-32-6-2-4-20-40-32/h1-22,42H,25-26H2/b17-11+,18-12+. The molecule has 7 nitrogen and oxygen atoms in total. The number of pyridine rings is 2. The van der Waals surface area contributed by atoms with E-state index in [1.807, 2.05) is 78.9 Å². The zero-order valence-corrected chi connectivity index (χ0v) is 23.2. The van der Waals surface area contributed by atoms with Crippen LogP contribution in [0.2, 0.25) is 0 Å². The molecule has 0 fully saturated rings. The Hall–Kier alpha value is -6.18. The monoisotopic (exact) mass is 561 g/mol. The summed E-state index contributed by atoms with van der Waals surface area (Å²) in [5.41, 5.74) is 5.23. The Morgan fingerprint density at radius 2 is 1.21 bits per heavy atom. The predicted octanol–water partition coefficient (Wildman–Crippen LogP) is 7.26. The van der Waals surface area contributed by atoms with Gasteiger partial charge >= 0.3 is 0 Å². The first-order chi connectivity index (χ1) is 21.1. The number of ether oxygens (including phenoxy) is 1. The van der Waals surface area contributed by atoms with Gasteiger partial charge in [-0.05, 0) is 84.0 Å². The Kier molecular flexibility index (Phi) is 9.19. The van der Waals surface area contributed by atoms with E-state index in [0.717, 1.165) is 28.2 Å². The molecule has 0 amide bonds. The Labute approximate surface area is 250 Å². The molecule has 4 aromatic rings. The maximum absolute atomic E-state index is 9.52. The number of allylic oxidation sites excluding steroid dienone is 6. The van der Waals surface area contributed by atoms with Crippen LogP contribution in [0, 0.1) is 22.7 Å². The number of hydrogen-bond acceptors (Lipinski definition) is 7. The summed E-state index contributed by atoms with van der Waals surface area (Å²) >= 11 is 0. The minimum atomic E-state index is -0.00464. The van der Waals surface area contributed by atoms with Gasteiger partial charge in [-0.25, -0.2) is 0 Å². The average Bonchev–Trinajstić information content (AvgIpc) is 3.05. The first-order valence-electron chi connectivity index (χ1n) is 13.6. The molecule has 3 heterocycles. The lowest BCUT2D eigenvalue weighted by atomic mass is 10.1. The van der Waals surface area contributed by atoms with Crippen LogP contribution < -0.4 is 4.90 Å². The fraction of sp³-hybridized carbons (Fsp3) is 0.0556. The highest BCUT2D eigenvalue weighted by Crippen LogP contribution is 2.26. The number of rotatable bonds is 9. The van der Waals surface area contributed by atoms with Crippen LogP contribution >= 0.6 is 0 Å². The topological polar surface area (TPSA) is 106 Å². The van der Waals surface area contributed by atoms with Crippen LogP contribution in [0.15, 0.2) is 144 Å². The maximum atomic E-state index is 9.52. The van der Waals surface area contributed by atoms with Gasteiger partial charge in [0.2, 0.25) is 0 Å². The number of nitriles is 2. The fourth-order valence-corrected chi connectivity index (χ4v) is 4.36. The molecule has 0 saturated carbocycles. The largest absolute Gasteiger partial charge is 0.508 e. The molecule has 7 heteroatoms. The molecule has 5 rings (SSSR count). The minimum Gasteiger partial charge on any atom is -0.508 e. The average molecular weight is 562 g/mol. The van der Waals surface area contributed by atoms with Crippen LogP contribution in [0.1, 0.15) is 22.5 Å². The first kappa shape index (κ1) is 28.4. The van der Waals surface area contributed by atoms with Crippen molar-refractivity contribution in [2.45, 2.75) is 13.1 Å². The maximum Gasteiger partial charge on any atom is 0.137 e. The number of hydrogen-bond donors (Lipinski definition) is 1. The van der Waals surface area contributed by atoms with E-state index in [4.69, 9.17) is 4.74 Å². The molecule has 43 heavy (non-hydrogen) atoms. The fourth-order valence-electron chi connectivity index (χ4n) is 4.36. The van der Waals surface area contributed by atoms with Gasteiger partial charge < -0.3 is 14.7 Å². The molecule has 2 aromatic carbocycles. The first-order valence-corrected chi connectivity index (χ1v) is 13.6. The van der Waals surface area contributed by atoms with Crippen molar-refractivity contribution in [2.24, 2.45) is 0 Å². The molecule has 0 bridgehead atoms. The zero-order chi connectivity index (χ0) is 29.9.